The number of carbonyl (C=O) groups is 1. The summed E-state index contributed by atoms with van der Waals surface area (Å²) in [7, 11) is 0. The van der Waals surface area contributed by atoms with Gasteiger partial charge in [-0.05, 0) is 49.2 Å². The highest BCUT2D eigenvalue weighted by atomic mass is 19.1. The average molecular weight is 425 g/mol. The van der Waals surface area contributed by atoms with Crippen molar-refractivity contribution in [1.82, 2.24) is 20.6 Å². The van der Waals surface area contributed by atoms with E-state index >= 15 is 0 Å². The normalized spacial score (nSPS) is 18.1. The van der Waals surface area contributed by atoms with Crippen molar-refractivity contribution in [2.75, 3.05) is 18.4 Å². The van der Waals surface area contributed by atoms with E-state index in [1.165, 1.54) is 18.2 Å². The molecule has 4 rings (SSSR count). The third-order valence-corrected chi connectivity index (χ3v) is 5.28. The summed E-state index contributed by atoms with van der Waals surface area (Å²) < 4.78 is 13.8. The van der Waals surface area contributed by atoms with E-state index in [0.717, 1.165) is 19.3 Å². The first-order valence-electron chi connectivity index (χ1n) is 10.2. The molecule has 8 nitrogen and oxygen atoms in total. The molecule has 0 radical (unpaired) electrons. The fourth-order valence-corrected chi connectivity index (χ4v) is 3.64. The Morgan fingerprint density at radius 1 is 1.10 bits per heavy atom. The van der Waals surface area contributed by atoms with Crippen LogP contribution >= 0.6 is 0 Å². The fraction of sp³-hybridized carbons (Fsp3) is 0.318. The maximum Gasteiger partial charge on any atom is 0.274 e. The minimum absolute atomic E-state index is 0.0251. The maximum absolute atomic E-state index is 13.8. The van der Waals surface area contributed by atoms with Crippen LogP contribution in [0.15, 0.2) is 36.5 Å². The van der Waals surface area contributed by atoms with Crippen molar-refractivity contribution in [3.8, 4) is 5.75 Å². The van der Waals surface area contributed by atoms with Crippen molar-refractivity contribution in [1.29, 1.82) is 0 Å². The highest BCUT2D eigenvalue weighted by molar-refractivity contribution is 6.03. The molecule has 3 heterocycles. The van der Waals surface area contributed by atoms with Crippen LogP contribution in [0.2, 0.25) is 0 Å². The molecular weight excluding hydrogens is 401 g/mol. The number of aromatic hydroxyl groups is 1. The largest absolute Gasteiger partial charge is 0.504 e. The zero-order valence-corrected chi connectivity index (χ0v) is 16.9. The van der Waals surface area contributed by atoms with E-state index in [9.17, 15) is 19.4 Å². The molecule has 31 heavy (non-hydrogen) atoms. The summed E-state index contributed by atoms with van der Waals surface area (Å²) in [5.41, 5.74) is 1.04. The molecule has 1 aliphatic heterocycles. The van der Waals surface area contributed by atoms with Crippen LogP contribution in [0.1, 0.15) is 47.1 Å². The second-order valence-electron chi connectivity index (χ2n) is 7.43. The molecule has 0 fully saturated rings. The van der Waals surface area contributed by atoms with Crippen LogP contribution in [0.4, 0.5) is 10.2 Å². The van der Waals surface area contributed by atoms with Crippen LogP contribution in [0.25, 0.3) is 10.9 Å². The van der Waals surface area contributed by atoms with E-state index in [4.69, 9.17) is 0 Å². The predicted octanol–water partition coefficient (Wildman–Crippen LogP) is 2.58. The van der Waals surface area contributed by atoms with E-state index in [1.807, 2.05) is 0 Å². The van der Waals surface area contributed by atoms with Crippen molar-refractivity contribution >= 4 is 22.6 Å². The molecule has 1 aromatic carbocycles. The fourth-order valence-electron chi connectivity index (χ4n) is 3.64. The Balaban J connectivity index is 1.72. The monoisotopic (exact) mass is 425 g/mol. The van der Waals surface area contributed by atoms with Crippen molar-refractivity contribution in [3.63, 3.8) is 0 Å². The number of anilines is 1. The number of amides is 1. The van der Waals surface area contributed by atoms with Gasteiger partial charge in [-0.15, -0.1) is 0 Å². The van der Waals surface area contributed by atoms with Gasteiger partial charge in [0, 0.05) is 30.2 Å². The molecule has 1 unspecified atom stereocenters. The van der Waals surface area contributed by atoms with Crippen molar-refractivity contribution in [2.24, 2.45) is 0 Å². The van der Waals surface area contributed by atoms with Gasteiger partial charge >= 0.3 is 0 Å². The number of aliphatic hydroxyl groups excluding tert-OH is 1. The summed E-state index contributed by atoms with van der Waals surface area (Å²) in [5.74, 6) is -0.899. The van der Waals surface area contributed by atoms with Crippen LogP contribution in [-0.2, 0) is 6.54 Å². The van der Waals surface area contributed by atoms with Gasteiger partial charge in [0.1, 0.15) is 23.4 Å². The lowest BCUT2D eigenvalue weighted by Crippen LogP contribution is -2.28. The molecule has 0 saturated carbocycles. The number of aromatic nitrogens is 2. The topological polar surface area (TPSA) is 119 Å². The molecular formula is C22H24FN5O3. The van der Waals surface area contributed by atoms with Gasteiger partial charge in [0.25, 0.3) is 5.91 Å². The lowest BCUT2D eigenvalue weighted by molar-refractivity contribution is 0.0941. The van der Waals surface area contributed by atoms with Gasteiger partial charge in [-0.1, -0.05) is 12.5 Å². The summed E-state index contributed by atoms with van der Waals surface area (Å²) in [6.07, 6.45) is 3.05. The Morgan fingerprint density at radius 3 is 2.81 bits per heavy atom. The number of carbonyl (C=O) groups excluding carboxylic acids is 1. The maximum atomic E-state index is 13.8. The predicted molar refractivity (Wildman–Crippen MR) is 114 cm³/mol. The first kappa shape index (κ1) is 21.0. The molecule has 0 aliphatic carbocycles. The Labute approximate surface area is 178 Å². The van der Waals surface area contributed by atoms with Gasteiger partial charge < -0.3 is 20.8 Å². The quantitative estimate of drug-likeness (QED) is 0.376. The molecule has 9 heteroatoms. The van der Waals surface area contributed by atoms with Gasteiger partial charge in [-0.25, -0.2) is 9.37 Å². The van der Waals surface area contributed by atoms with E-state index in [-0.39, 0.29) is 23.5 Å². The number of hydrogen-bond acceptors (Lipinski definition) is 7. The smallest absolute Gasteiger partial charge is 0.274 e. The van der Waals surface area contributed by atoms with Crippen LogP contribution in [0.5, 0.6) is 5.75 Å². The van der Waals surface area contributed by atoms with E-state index in [2.05, 4.69) is 25.9 Å². The summed E-state index contributed by atoms with van der Waals surface area (Å²) in [6, 6.07) is 7.57. The summed E-state index contributed by atoms with van der Waals surface area (Å²) in [5, 5.41) is 30.7. The Morgan fingerprint density at radius 2 is 1.94 bits per heavy atom. The Kier molecular flexibility index (Phi) is 6.24. The molecule has 0 saturated heterocycles. The highest BCUT2D eigenvalue weighted by Crippen LogP contribution is 2.30. The molecule has 1 amide bonds. The molecule has 1 atom stereocenters. The first-order valence-corrected chi connectivity index (χ1v) is 10.2. The molecule has 5 N–H and O–H groups in total. The van der Waals surface area contributed by atoms with Crippen molar-refractivity contribution in [3.05, 3.63) is 59.2 Å². The van der Waals surface area contributed by atoms with Gasteiger partial charge in [-0.2, -0.15) is 0 Å². The molecule has 3 aromatic rings. The van der Waals surface area contributed by atoms with Gasteiger partial charge in [0.15, 0.2) is 11.4 Å². The Hall–Kier alpha value is -3.30. The van der Waals surface area contributed by atoms with Crippen molar-refractivity contribution < 1.29 is 19.4 Å². The van der Waals surface area contributed by atoms with Crippen molar-refractivity contribution in [2.45, 2.75) is 32.0 Å². The van der Waals surface area contributed by atoms with Crippen LogP contribution in [0, 0.1) is 5.82 Å². The number of pyridine rings is 2. The van der Waals surface area contributed by atoms with Crippen LogP contribution in [0.3, 0.4) is 0 Å². The zero-order chi connectivity index (χ0) is 21.8. The van der Waals surface area contributed by atoms with E-state index in [1.54, 1.807) is 18.3 Å². The molecule has 2 aromatic heterocycles. The van der Waals surface area contributed by atoms with Gasteiger partial charge in [-0.3, -0.25) is 15.1 Å². The highest BCUT2D eigenvalue weighted by Gasteiger charge is 2.21. The number of nitrogens with zero attached hydrogens (tertiary/aromatic N) is 2. The zero-order valence-electron chi connectivity index (χ0n) is 16.9. The van der Waals surface area contributed by atoms with Crippen LogP contribution < -0.4 is 16.0 Å². The number of rotatable bonds is 0. The lowest BCUT2D eigenvalue weighted by atomic mass is 10.1. The number of halogens is 1. The van der Waals surface area contributed by atoms with E-state index in [0.29, 0.717) is 35.4 Å². The standard InChI is InChI=1S/C22H24FN5O3/c23-14-7-6-13-12-27-22(31)18-19(29)17-15(5-4-10-24-17)20(28-18)25-8-2-1-3-9-26-21(30)16(13)11-14/h4-7,10-11,21,26,29-30H,1-3,8-9,12H2,(H,25,28)(H,27,31). The third kappa shape index (κ3) is 4.57. The SMILES string of the molecule is O=C1NCc2ccc(F)cc2C(O)NCCCCCNc2nc1c(O)c1ncccc21. The molecule has 162 valence electrons. The van der Waals surface area contributed by atoms with E-state index < -0.39 is 18.0 Å². The van der Waals surface area contributed by atoms with Gasteiger partial charge in [0.2, 0.25) is 0 Å². The van der Waals surface area contributed by atoms with Crippen LogP contribution in [-0.4, -0.2) is 39.2 Å². The second-order valence-corrected chi connectivity index (χ2v) is 7.43. The minimum Gasteiger partial charge on any atom is -0.504 e. The summed E-state index contributed by atoms with van der Waals surface area (Å²) >= 11 is 0. The minimum atomic E-state index is -1.06. The Bertz CT molecular complexity index is 1110. The molecule has 2 bridgehead atoms. The summed E-state index contributed by atoms with van der Waals surface area (Å²) in [6.45, 7) is 1.22. The second kappa shape index (κ2) is 9.23. The van der Waals surface area contributed by atoms with Gasteiger partial charge in [0.05, 0.1) is 0 Å². The number of nitrogens with one attached hydrogen (secondary N) is 3. The number of hydrogen-bond donors (Lipinski definition) is 5. The third-order valence-electron chi connectivity index (χ3n) is 5.28. The number of fused-ring (bicyclic) bond motifs is 5. The molecule has 0 spiro atoms. The first-order chi connectivity index (χ1) is 15.0. The number of aliphatic hydroxyl groups is 1. The molecule has 1 aliphatic rings. The average Bonchev–Trinajstić information content (AvgIpc) is 2.78. The lowest BCUT2D eigenvalue weighted by Gasteiger charge is -2.18. The number of benzene rings is 1. The summed E-state index contributed by atoms with van der Waals surface area (Å²) in [4.78, 5) is 21.4.